The lowest BCUT2D eigenvalue weighted by molar-refractivity contribution is -0.113. The number of allylic oxidation sites excluding steroid dienone is 1. The van der Waals surface area contributed by atoms with Crippen LogP contribution in [-0.2, 0) is 24.2 Å². The van der Waals surface area contributed by atoms with E-state index in [0.29, 0.717) is 34.1 Å². The van der Waals surface area contributed by atoms with Gasteiger partial charge in [0.1, 0.15) is 11.1 Å². The summed E-state index contributed by atoms with van der Waals surface area (Å²) in [4.78, 5) is 14.2. The van der Waals surface area contributed by atoms with Crippen LogP contribution in [0, 0.1) is 22.7 Å². The van der Waals surface area contributed by atoms with Crippen LogP contribution in [0.4, 0.5) is 5.00 Å². The van der Waals surface area contributed by atoms with E-state index in [1.807, 2.05) is 10.6 Å². The second-order valence-corrected chi connectivity index (χ2v) is 13.0. The number of nitriles is 1. The van der Waals surface area contributed by atoms with Gasteiger partial charge in [-0.1, -0.05) is 83.1 Å². The van der Waals surface area contributed by atoms with Crippen LogP contribution in [0.3, 0.4) is 0 Å². The van der Waals surface area contributed by atoms with Gasteiger partial charge in [0.15, 0.2) is 11.0 Å². The number of hydrogen-bond acceptors (Lipinski definition) is 6. The molecule has 0 fully saturated rings. The van der Waals surface area contributed by atoms with Crippen molar-refractivity contribution in [2.45, 2.75) is 77.9 Å². The van der Waals surface area contributed by atoms with E-state index < -0.39 is 0 Å². The number of carbonyl (C=O) groups excluding carboxylic acids is 1. The molecule has 2 aromatic heterocycles. The summed E-state index contributed by atoms with van der Waals surface area (Å²) in [6.07, 6.45) is 5.91. The molecule has 0 spiro atoms. The molecule has 0 bridgehead atoms. The van der Waals surface area contributed by atoms with Crippen molar-refractivity contribution in [1.82, 2.24) is 14.8 Å². The molecule has 8 heteroatoms. The molecule has 3 aromatic rings. The van der Waals surface area contributed by atoms with Crippen molar-refractivity contribution >= 4 is 34.0 Å². The van der Waals surface area contributed by atoms with Crippen LogP contribution in [0.15, 0.2) is 42.1 Å². The molecular formula is C30H37N5OS2. The number of rotatable bonds is 10. The molecule has 0 saturated carbocycles. The fraction of sp³-hybridized carbons (Fsp3) is 0.467. The summed E-state index contributed by atoms with van der Waals surface area (Å²) in [7, 11) is 0. The summed E-state index contributed by atoms with van der Waals surface area (Å²) in [6, 6.07) is 10.7. The minimum atomic E-state index is -0.147. The van der Waals surface area contributed by atoms with E-state index >= 15 is 0 Å². The lowest BCUT2D eigenvalue weighted by Crippen LogP contribution is -2.28. The van der Waals surface area contributed by atoms with Gasteiger partial charge < -0.3 is 5.32 Å². The van der Waals surface area contributed by atoms with Crippen LogP contribution < -0.4 is 5.32 Å². The van der Waals surface area contributed by atoms with E-state index in [1.165, 1.54) is 22.2 Å². The number of nitrogens with one attached hydrogen (secondary N) is 1. The van der Waals surface area contributed by atoms with Crippen molar-refractivity contribution in [1.29, 1.82) is 5.26 Å². The molecule has 4 rings (SSSR count). The van der Waals surface area contributed by atoms with Gasteiger partial charge in [0.05, 0.1) is 11.3 Å². The predicted octanol–water partition coefficient (Wildman–Crippen LogP) is 7.46. The Bertz CT molecular complexity index is 1340. The van der Waals surface area contributed by atoms with Crippen molar-refractivity contribution < 1.29 is 4.79 Å². The number of carbonyl (C=O) groups is 1. The Labute approximate surface area is 234 Å². The summed E-state index contributed by atoms with van der Waals surface area (Å²) in [5.41, 5.74) is 4.28. The largest absolute Gasteiger partial charge is 0.316 e. The zero-order valence-electron chi connectivity index (χ0n) is 23.0. The lowest BCUT2D eigenvalue weighted by Gasteiger charge is -2.36. The number of amides is 1. The quantitative estimate of drug-likeness (QED) is 0.210. The van der Waals surface area contributed by atoms with Gasteiger partial charge in [0, 0.05) is 17.0 Å². The fourth-order valence-corrected chi connectivity index (χ4v) is 7.00. The second-order valence-electron chi connectivity index (χ2n) is 10.9. The minimum Gasteiger partial charge on any atom is -0.316 e. The maximum Gasteiger partial charge on any atom is 0.235 e. The standard InChI is InChI=1S/C30H37N5OS2/c1-7-15-35-27(21-11-9-20(10-12-21)19(3)4)33-34-29(35)37-18-26(36)32-28-24(17-31)23-14-13-22(16-25(23)38-28)30(5,6)8-2/h7,9-12,19,22H,1,8,13-16,18H2,2-6H3,(H,32,36). The SMILES string of the molecule is C=CCn1c(SCC(=O)Nc2sc3c(c2C#N)CCC(C(C)(C)CC)C3)nnc1-c1ccc(C(C)C)cc1. The summed E-state index contributed by atoms with van der Waals surface area (Å²) in [5.74, 6) is 1.84. The molecule has 0 aliphatic heterocycles. The number of nitrogens with zero attached hydrogens (tertiary/aromatic N) is 4. The van der Waals surface area contributed by atoms with Crippen molar-refractivity contribution in [2.24, 2.45) is 11.3 Å². The Morgan fingerprint density at radius 2 is 2.08 bits per heavy atom. The third kappa shape index (κ3) is 5.89. The molecule has 200 valence electrons. The number of benzene rings is 1. The Morgan fingerprint density at radius 1 is 1.34 bits per heavy atom. The highest BCUT2D eigenvalue weighted by atomic mass is 32.2. The van der Waals surface area contributed by atoms with Gasteiger partial charge in [-0.2, -0.15) is 5.26 Å². The zero-order valence-corrected chi connectivity index (χ0v) is 24.6. The van der Waals surface area contributed by atoms with E-state index in [2.05, 4.69) is 87.0 Å². The molecule has 0 radical (unpaired) electrons. The molecule has 1 unspecified atom stereocenters. The molecule has 1 aliphatic carbocycles. The number of thioether (sulfide) groups is 1. The van der Waals surface area contributed by atoms with E-state index in [9.17, 15) is 10.1 Å². The third-order valence-electron chi connectivity index (χ3n) is 7.84. The van der Waals surface area contributed by atoms with Gasteiger partial charge in [-0.15, -0.1) is 28.1 Å². The number of thiophene rings is 1. The number of hydrogen-bond donors (Lipinski definition) is 1. The van der Waals surface area contributed by atoms with Gasteiger partial charge in [-0.3, -0.25) is 9.36 Å². The van der Waals surface area contributed by atoms with Crippen molar-refractivity contribution in [3.05, 3.63) is 58.5 Å². The minimum absolute atomic E-state index is 0.147. The predicted molar refractivity (Wildman–Crippen MR) is 158 cm³/mol. The van der Waals surface area contributed by atoms with Crippen LogP contribution in [0.25, 0.3) is 11.4 Å². The summed E-state index contributed by atoms with van der Waals surface area (Å²) >= 11 is 2.92. The van der Waals surface area contributed by atoms with Crippen molar-refractivity contribution in [3.63, 3.8) is 0 Å². The molecule has 1 aliphatic rings. The van der Waals surface area contributed by atoms with Crippen LogP contribution in [-0.4, -0.2) is 26.4 Å². The van der Waals surface area contributed by atoms with E-state index in [-0.39, 0.29) is 17.1 Å². The average molecular weight is 548 g/mol. The lowest BCUT2D eigenvalue weighted by atomic mass is 9.69. The molecule has 1 amide bonds. The molecular weight excluding hydrogens is 510 g/mol. The van der Waals surface area contributed by atoms with Crippen molar-refractivity contribution in [2.75, 3.05) is 11.1 Å². The highest BCUT2D eigenvalue weighted by Gasteiger charge is 2.34. The number of anilines is 1. The molecule has 2 heterocycles. The maximum atomic E-state index is 13.0. The van der Waals surface area contributed by atoms with Crippen LogP contribution in [0.1, 0.15) is 74.9 Å². The highest BCUT2D eigenvalue weighted by molar-refractivity contribution is 7.99. The molecule has 1 aromatic carbocycles. The normalized spacial score (nSPS) is 15.2. The Hall–Kier alpha value is -2.89. The Morgan fingerprint density at radius 3 is 2.71 bits per heavy atom. The third-order valence-corrected chi connectivity index (χ3v) is 9.98. The monoisotopic (exact) mass is 547 g/mol. The smallest absolute Gasteiger partial charge is 0.235 e. The van der Waals surface area contributed by atoms with Gasteiger partial charge in [0.2, 0.25) is 5.91 Å². The molecule has 0 saturated heterocycles. The van der Waals surface area contributed by atoms with Crippen LogP contribution in [0.5, 0.6) is 0 Å². The summed E-state index contributed by atoms with van der Waals surface area (Å²) < 4.78 is 1.98. The molecule has 6 nitrogen and oxygen atoms in total. The summed E-state index contributed by atoms with van der Waals surface area (Å²) in [6.45, 7) is 15.7. The Balaban J connectivity index is 1.46. The first-order valence-electron chi connectivity index (χ1n) is 13.3. The van der Waals surface area contributed by atoms with Gasteiger partial charge in [-0.05, 0) is 47.6 Å². The van der Waals surface area contributed by atoms with Crippen molar-refractivity contribution in [3.8, 4) is 17.5 Å². The topological polar surface area (TPSA) is 83.6 Å². The van der Waals surface area contributed by atoms with E-state index in [0.717, 1.165) is 42.6 Å². The van der Waals surface area contributed by atoms with Gasteiger partial charge in [-0.25, -0.2) is 0 Å². The molecule has 1 N–H and O–H groups in total. The average Bonchev–Trinajstić information content (AvgIpc) is 3.47. The van der Waals surface area contributed by atoms with E-state index in [1.54, 1.807) is 11.3 Å². The summed E-state index contributed by atoms with van der Waals surface area (Å²) in [5, 5.41) is 23.0. The van der Waals surface area contributed by atoms with Gasteiger partial charge in [0.25, 0.3) is 0 Å². The number of aromatic nitrogens is 3. The number of fused-ring (bicyclic) bond motifs is 1. The second kappa shape index (κ2) is 11.9. The highest BCUT2D eigenvalue weighted by Crippen LogP contribution is 2.45. The first-order chi connectivity index (χ1) is 18.2. The fourth-order valence-electron chi connectivity index (χ4n) is 4.96. The van der Waals surface area contributed by atoms with E-state index in [4.69, 9.17) is 0 Å². The van der Waals surface area contributed by atoms with Crippen LogP contribution >= 0.6 is 23.1 Å². The van der Waals surface area contributed by atoms with Crippen LogP contribution in [0.2, 0.25) is 0 Å². The first kappa shape index (κ1) is 28.1. The molecule has 38 heavy (non-hydrogen) atoms. The Kier molecular flexibility index (Phi) is 8.79. The molecule has 1 atom stereocenters. The first-order valence-corrected chi connectivity index (χ1v) is 15.1. The van der Waals surface area contributed by atoms with Gasteiger partial charge >= 0.3 is 0 Å². The zero-order chi connectivity index (χ0) is 27.4. The maximum absolute atomic E-state index is 13.0.